The molecule has 1 unspecified atom stereocenters. The molecule has 92 valence electrons. The maximum Gasteiger partial charge on any atom is 0.278 e. The van der Waals surface area contributed by atoms with Gasteiger partial charge in [-0.1, -0.05) is 20.8 Å². The third-order valence-electron chi connectivity index (χ3n) is 1.80. The molecule has 0 aromatic heterocycles. The van der Waals surface area contributed by atoms with Crippen LogP contribution in [0.4, 0.5) is 0 Å². The summed E-state index contributed by atoms with van der Waals surface area (Å²) in [5.74, 6) is 0. The Morgan fingerprint density at radius 1 is 1.33 bits per heavy atom. The molecule has 6 heteroatoms. The lowest BCUT2D eigenvalue weighted by molar-refractivity contribution is 0.368. The van der Waals surface area contributed by atoms with Crippen LogP contribution in [0.1, 0.15) is 27.2 Å². The zero-order chi connectivity index (χ0) is 12.3. The summed E-state index contributed by atoms with van der Waals surface area (Å²) in [6, 6.07) is 0. The summed E-state index contributed by atoms with van der Waals surface area (Å²) in [7, 11) is -0.387. The Morgan fingerprint density at radius 2 is 1.80 bits per heavy atom. The molecule has 0 saturated carbocycles. The lowest BCUT2D eigenvalue weighted by atomic mass is 9.90. The van der Waals surface area contributed by atoms with Crippen LogP contribution in [0.3, 0.4) is 0 Å². The zero-order valence-electron chi connectivity index (χ0n) is 10.0. The molecular weight excluding hydrogens is 236 g/mol. The van der Waals surface area contributed by atoms with Crippen molar-refractivity contribution in [2.24, 2.45) is 5.41 Å². The normalized spacial score (nSPS) is 15.7. The summed E-state index contributed by atoms with van der Waals surface area (Å²) >= 11 is 6.03. The largest absolute Gasteiger partial charge is 0.278 e. The number of halogens is 1. The van der Waals surface area contributed by atoms with Gasteiger partial charge in [-0.05, 0) is 11.8 Å². The van der Waals surface area contributed by atoms with Gasteiger partial charge in [0.05, 0.1) is 0 Å². The van der Waals surface area contributed by atoms with Gasteiger partial charge in [-0.3, -0.25) is 0 Å². The van der Waals surface area contributed by atoms with E-state index in [9.17, 15) is 8.42 Å². The van der Waals surface area contributed by atoms with Gasteiger partial charge in [-0.15, -0.1) is 11.6 Å². The number of hydrogen-bond donors (Lipinski definition) is 1. The molecule has 0 bridgehead atoms. The Bertz CT molecular complexity index is 283. The standard InChI is InChI=1S/C9H21ClN2O2S/c1-9(2,3)6-8(10)7-11-15(13,14)12(4)5/h8,11H,6-7H2,1-5H3. The number of hydrogen-bond acceptors (Lipinski definition) is 2. The van der Waals surface area contributed by atoms with E-state index in [1.165, 1.54) is 14.1 Å². The van der Waals surface area contributed by atoms with Gasteiger partial charge in [0, 0.05) is 26.0 Å². The highest BCUT2D eigenvalue weighted by Crippen LogP contribution is 2.23. The van der Waals surface area contributed by atoms with Crippen LogP contribution >= 0.6 is 11.6 Å². The maximum absolute atomic E-state index is 11.4. The molecule has 0 aliphatic heterocycles. The van der Waals surface area contributed by atoms with Crippen molar-refractivity contribution in [2.45, 2.75) is 32.6 Å². The number of nitrogens with zero attached hydrogens (tertiary/aromatic N) is 1. The summed E-state index contributed by atoms with van der Waals surface area (Å²) in [4.78, 5) is 0. The Balaban J connectivity index is 4.08. The Kier molecular flexibility index (Phi) is 5.54. The van der Waals surface area contributed by atoms with E-state index in [4.69, 9.17) is 11.6 Å². The molecule has 0 amide bonds. The van der Waals surface area contributed by atoms with Gasteiger partial charge in [-0.2, -0.15) is 12.7 Å². The fourth-order valence-corrected chi connectivity index (χ4v) is 2.36. The van der Waals surface area contributed by atoms with Crippen molar-refractivity contribution in [1.82, 2.24) is 9.03 Å². The van der Waals surface area contributed by atoms with Crippen LogP contribution < -0.4 is 4.72 Å². The molecule has 0 rings (SSSR count). The Labute approximate surface area is 98.2 Å². The van der Waals surface area contributed by atoms with Crippen molar-refractivity contribution in [2.75, 3.05) is 20.6 Å². The molecule has 4 nitrogen and oxygen atoms in total. The maximum atomic E-state index is 11.4. The minimum Gasteiger partial charge on any atom is -0.201 e. The van der Waals surface area contributed by atoms with Crippen molar-refractivity contribution in [3.05, 3.63) is 0 Å². The average Bonchev–Trinajstić information content (AvgIpc) is 1.97. The van der Waals surface area contributed by atoms with Gasteiger partial charge >= 0.3 is 0 Å². The lowest BCUT2D eigenvalue weighted by Gasteiger charge is -2.22. The van der Waals surface area contributed by atoms with Crippen LogP contribution in [0.15, 0.2) is 0 Å². The first kappa shape index (κ1) is 15.2. The van der Waals surface area contributed by atoms with Crippen LogP contribution in [0.25, 0.3) is 0 Å². The molecule has 1 atom stereocenters. The Morgan fingerprint density at radius 3 is 2.13 bits per heavy atom. The molecule has 0 aromatic carbocycles. The van der Waals surface area contributed by atoms with Crippen molar-refractivity contribution in [3.8, 4) is 0 Å². The first-order valence-electron chi connectivity index (χ1n) is 4.86. The average molecular weight is 257 g/mol. The van der Waals surface area contributed by atoms with E-state index in [0.717, 1.165) is 10.7 Å². The molecule has 0 spiro atoms. The Hall–Kier alpha value is 0.160. The summed E-state index contributed by atoms with van der Waals surface area (Å²) in [5, 5.41) is -0.181. The molecule has 0 radical (unpaired) electrons. The number of rotatable bonds is 5. The van der Waals surface area contributed by atoms with Crippen molar-refractivity contribution in [1.29, 1.82) is 0 Å². The van der Waals surface area contributed by atoms with Gasteiger partial charge in [-0.25, -0.2) is 4.72 Å². The quantitative estimate of drug-likeness (QED) is 0.757. The van der Waals surface area contributed by atoms with Gasteiger partial charge in [0.1, 0.15) is 0 Å². The van der Waals surface area contributed by atoms with Crippen molar-refractivity contribution < 1.29 is 8.42 Å². The van der Waals surface area contributed by atoms with Crippen LogP contribution in [-0.4, -0.2) is 38.7 Å². The third kappa shape index (κ3) is 7.11. The van der Waals surface area contributed by atoms with Gasteiger partial charge in [0.25, 0.3) is 10.2 Å². The van der Waals surface area contributed by atoms with E-state index in [2.05, 4.69) is 25.5 Å². The lowest BCUT2D eigenvalue weighted by Crippen LogP contribution is -2.39. The van der Waals surface area contributed by atoms with E-state index in [0.29, 0.717) is 0 Å². The second-order valence-corrected chi connectivity index (χ2v) is 7.58. The fraction of sp³-hybridized carbons (Fsp3) is 1.00. The van der Waals surface area contributed by atoms with Crippen molar-refractivity contribution in [3.63, 3.8) is 0 Å². The van der Waals surface area contributed by atoms with Crippen LogP contribution in [0, 0.1) is 5.41 Å². The predicted octanol–water partition coefficient (Wildman–Crippen LogP) is 1.43. The fourth-order valence-electron chi connectivity index (χ4n) is 1.06. The van der Waals surface area contributed by atoms with E-state index in [1.807, 2.05) is 0 Å². The highest BCUT2D eigenvalue weighted by molar-refractivity contribution is 7.87. The molecule has 0 aromatic rings. The monoisotopic (exact) mass is 256 g/mol. The van der Waals surface area contributed by atoms with Gasteiger partial charge in [0.2, 0.25) is 0 Å². The molecule has 0 saturated heterocycles. The SMILES string of the molecule is CN(C)S(=O)(=O)NCC(Cl)CC(C)(C)C. The highest BCUT2D eigenvalue weighted by atomic mass is 35.5. The molecule has 15 heavy (non-hydrogen) atoms. The molecular formula is C9H21ClN2O2S. The zero-order valence-corrected chi connectivity index (χ0v) is 11.6. The molecule has 0 heterocycles. The summed E-state index contributed by atoms with van der Waals surface area (Å²) in [6.45, 7) is 6.48. The summed E-state index contributed by atoms with van der Waals surface area (Å²) in [6.07, 6.45) is 0.768. The summed E-state index contributed by atoms with van der Waals surface area (Å²) in [5.41, 5.74) is 0.107. The molecule has 1 N–H and O–H groups in total. The number of nitrogens with one attached hydrogen (secondary N) is 1. The second kappa shape index (κ2) is 5.48. The molecule has 0 fully saturated rings. The third-order valence-corrected chi connectivity index (χ3v) is 3.60. The van der Waals surface area contributed by atoms with E-state index < -0.39 is 10.2 Å². The van der Waals surface area contributed by atoms with E-state index in [1.54, 1.807) is 0 Å². The predicted molar refractivity (Wildman–Crippen MR) is 64.3 cm³/mol. The second-order valence-electron chi connectivity index (χ2n) is 5.00. The summed E-state index contributed by atoms with van der Waals surface area (Å²) < 4.78 is 26.3. The first-order valence-corrected chi connectivity index (χ1v) is 6.73. The number of alkyl halides is 1. The van der Waals surface area contributed by atoms with Gasteiger partial charge < -0.3 is 0 Å². The van der Waals surface area contributed by atoms with Crippen LogP contribution in [0.5, 0.6) is 0 Å². The molecule has 0 aliphatic carbocycles. The first-order chi connectivity index (χ1) is 6.54. The van der Waals surface area contributed by atoms with Crippen molar-refractivity contribution >= 4 is 21.8 Å². The minimum absolute atomic E-state index is 0.107. The van der Waals surface area contributed by atoms with E-state index in [-0.39, 0.29) is 17.3 Å². The topological polar surface area (TPSA) is 49.4 Å². The smallest absolute Gasteiger partial charge is 0.201 e. The highest BCUT2D eigenvalue weighted by Gasteiger charge is 2.19. The van der Waals surface area contributed by atoms with E-state index >= 15 is 0 Å². The van der Waals surface area contributed by atoms with Gasteiger partial charge in [0.15, 0.2) is 0 Å². The molecule has 0 aliphatic rings. The van der Waals surface area contributed by atoms with Crippen LogP contribution in [-0.2, 0) is 10.2 Å². The minimum atomic E-state index is -3.35. The van der Waals surface area contributed by atoms with Crippen LogP contribution in [0.2, 0.25) is 0 Å².